The number of ether oxygens (including phenoxy) is 1. The third-order valence-electron chi connectivity index (χ3n) is 4.95. The summed E-state index contributed by atoms with van der Waals surface area (Å²) in [6, 6.07) is 0. The van der Waals surface area contributed by atoms with Gasteiger partial charge in [0, 0.05) is 26.1 Å². The Morgan fingerprint density at radius 1 is 1.36 bits per heavy atom. The first kappa shape index (κ1) is 15.8. The molecule has 2 aliphatic heterocycles. The first-order valence-corrected chi connectivity index (χ1v) is 8.00. The van der Waals surface area contributed by atoms with E-state index < -0.39 is 11.9 Å². The van der Waals surface area contributed by atoms with Crippen LogP contribution in [0.25, 0.3) is 5.69 Å². The van der Waals surface area contributed by atoms with E-state index in [-0.39, 0.29) is 30.2 Å². The minimum Gasteiger partial charge on any atom is -0.481 e. The maximum Gasteiger partial charge on any atom is 0.309 e. The number of aliphatic carboxylic acids is 1. The molecule has 0 aliphatic carbocycles. The fourth-order valence-corrected chi connectivity index (χ4v) is 3.57. The van der Waals surface area contributed by atoms with Crippen molar-refractivity contribution < 1.29 is 19.4 Å². The second-order valence-corrected chi connectivity index (χ2v) is 6.50. The predicted molar refractivity (Wildman–Crippen MR) is 83.1 cm³/mol. The number of carboxylic acids is 1. The van der Waals surface area contributed by atoms with Gasteiger partial charge in [-0.2, -0.15) is 5.10 Å². The normalized spacial score (nSPS) is 25.4. The van der Waals surface area contributed by atoms with Crippen LogP contribution in [0.15, 0.2) is 12.4 Å². The topological polar surface area (TPSA) is 115 Å². The molecule has 10 heteroatoms. The lowest BCUT2D eigenvalue weighted by Crippen LogP contribution is -2.33. The highest BCUT2D eigenvalue weighted by Crippen LogP contribution is 2.34. The van der Waals surface area contributed by atoms with Gasteiger partial charge in [-0.1, -0.05) is 5.21 Å². The smallest absolute Gasteiger partial charge is 0.309 e. The lowest BCUT2D eigenvalue weighted by Gasteiger charge is -2.17. The lowest BCUT2D eigenvalue weighted by atomic mass is 9.93. The Bertz CT molecular complexity index is 843. The number of nitrogens with zero attached hydrogens (tertiary/aromatic N) is 6. The van der Waals surface area contributed by atoms with Gasteiger partial charge in [-0.3, -0.25) is 14.3 Å². The molecular formula is C15H18N6O4. The Kier molecular flexibility index (Phi) is 3.57. The van der Waals surface area contributed by atoms with E-state index in [4.69, 9.17) is 4.74 Å². The van der Waals surface area contributed by atoms with E-state index in [0.29, 0.717) is 18.8 Å². The van der Waals surface area contributed by atoms with Gasteiger partial charge in [0.2, 0.25) is 0 Å². The van der Waals surface area contributed by atoms with Crippen molar-refractivity contribution in [2.24, 2.45) is 18.9 Å². The largest absolute Gasteiger partial charge is 0.481 e. The average molecular weight is 346 g/mol. The van der Waals surface area contributed by atoms with Crippen LogP contribution in [-0.4, -0.2) is 72.5 Å². The zero-order valence-electron chi connectivity index (χ0n) is 13.9. The minimum atomic E-state index is -0.875. The number of rotatable bonds is 3. The summed E-state index contributed by atoms with van der Waals surface area (Å²) in [6.07, 6.45) is 3.20. The van der Waals surface area contributed by atoms with Crippen LogP contribution < -0.4 is 0 Å². The molecule has 0 unspecified atom stereocenters. The Morgan fingerprint density at radius 3 is 2.84 bits per heavy atom. The highest BCUT2D eigenvalue weighted by molar-refractivity contribution is 5.93. The molecule has 0 radical (unpaired) electrons. The van der Waals surface area contributed by atoms with Crippen molar-refractivity contribution in [1.82, 2.24) is 29.7 Å². The first-order chi connectivity index (χ1) is 12.0. The number of likely N-dealkylation sites (tertiary alicyclic amines) is 1. The van der Waals surface area contributed by atoms with Crippen molar-refractivity contribution in [3.8, 4) is 5.69 Å². The molecule has 0 spiro atoms. The van der Waals surface area contributed by atoms with E-state index in [1.807, 2.05) is 0 Å². The molecule has 1 N–H and O–H groups in total. The Balaban J connectivity index is 1.55. The minimum absolute atomic E-state index is 0.171. The van der Waals surface area contributed by atoms with E-state index in [9.17, 15) is 14.7 Å². The molecule has 2 fully saturated rings. The van der Waals surface area contributed by atoms with Crippen molar-refractivity contribution >= 4 is 11.9 Å². The Labute approximate surface area is 143 Å². The number of carboxylic acid groups (broad SMARTS) is 1. The maximum atomic E-state index is 12.8. The van der Waals surface area contributed by atoms with Gasteiger partial charge in [-0.25, -0.2) is 4.68 Å². The number of amides is 1. The lowest BCUT2D eigenvalue weighted by molar-refractivity contribution is -0.142. The third kappa shape index (κ3) is 2.49. The molecule has 0 bridgehead atoms. The molecule has 4 rings (SSSR count). The van der Waals surface area contributed by atoms with Crippen LogP contribution in [0.4, 0.5) is 0 Å². The zero-order chi connectivity index (χ0) is 17.7. The van der Waals surface area contributed by atoms with Gasteiger partial charge in [0.25, 0.3) is 5.91 Å². The van der Waals surface area contributed by atoms with Crippen LogP contribution in [0.1, 0.15) is 16.2 Å². The Morgan fingerprint density at radius 2 is 2.16 bits per heavy atom. The quantitative estimate of drug-likeness (QED) is 0.795. The molecule has 4 heterocycles. The third-order valence-corrected chi connectivity index (χ3v) is 4.95. The van der Waals surface area contributed by atoms with Gasteiger partial charge in [-0.15, -0.1) is 5.10 Å². The van der Waals surface area contributed by atoms with Crippen LogP contribution in [0.3, 0.4) is 0 Å². The van der Waals surface area contributed by atoms with Gasteiger partial charge in [-0.05, 0) is 6.92 Å². The number of hydrogen-bond acceptors (Lipinski definition) is 6. The van der Waals surface area contributed by atoms with Gasteiger partial charge in [0.15, 0.2) is 5.69 Å². The van der Waals surface area contributed by atoms with Gasteiger partial charge in [0.1, 0.15) is 5.69 Å². The first-order valence-electron chi connectivity index (χ1n) is 8.00. The van der Waals surface area contributed by atoms with Crippen LogP contribution in [-0.2, 0) is 16.6 Å². The zero-order valence-corrected chi connectivity index (χ0v) is 13.9. The molecule has 10 nitrogen and oxygen atoms in total. The highest BCUT2D eigenvalue weighted by atomic mass is 16.5. The second kappa shape index (κ2) is 5.66. The van der Waals surface area contributed by atoms with E-state index in [2.05, 4.69) is 15.4 Å². The van der Waals surface area contributed by atoms with E-state index in [0.717, 1.165) is 5.69 Å². The van der Waals surface area contributed by atoms with Crippen molar-refractivity contribution in [2.75, 3.05) is 19.7 Å². The Hall–Kier alpha value is -2.75. The molecule has 0 aromatic carbocycles. The monoisotopic (exact) mass is 346 g/mol. The molecule has 3 atom stereocenters. The van der Waals surface area contributed by atoms with Gasteiger partial charge in [0.05, 0.1) is 36.7 Å². The van der Waals surface area contributed by atoms with E-state index in [1.54, 1.807) is 40.6 Å². The summed E-state index contributed by atoms with van der Waals surface area (Å²) in [5.41, 5.74) is 1.60. The molecule has 1 amide bonds. The second-order valence-electron chi connectivity index (χ2n) is 6.50. The van der Waals surface area contributed by atoms with E-state index >= 15 is 0 Å². The van der Waals surface area contributed by atoms with Crippen LogP contribution in [0.5, 0.6) is 0 Å². The molecule has 2 saturated heterocycles. The predicted octanol–water partition coefficient (Wildman–Crippen LogP) is -0.519. The van der Waals surface area contributed by atoms with Crippen LogP contribution >= 0.6 is 0 Å². The summed E-state index contributed by atoms with van der Waals surface area (Å²) in [5.74, 6) is -1.86. The number of aryl methyl sites for hydroxylation is 1. The highest BCUT2D eigenvalue weighted by Gasteiger charge is 2.48. The molecule has 25 heavy (non-hydrogen) atoms. The summed E-state index contributed by atoms with van der Waals surface area (Å²) in [6.45, 7) is 2.72. The van der Waals surface area contributed by atoms with Gasteiger partial charge < -0.3 is 14.7 Å². The van der Waals surface area contributed by atoms with Crippen LogP contribution in [0, 0.1) is 18.8 Å². The van der Waals surface area contributed by atoms with Crippen molar-refractivity contribution in [2.45, 2.75) is 13.0 Å². The molecule has 2 aliphatic rings. The van der Waals surface area contributed by atoms with Crippen molar-refractivity contribution in [1.29, 1.82) is 0 Å². The molecular weight excluding hydrogens is 328 g/mol. The standard InChI is InChI=1S/C15H18N6O4/c1-8-13(17-18-21(8)9-3-16-19(2)4-9)14(22)20-5-10-11(15(23)24)7-25-12(10)6-20/h3-4,10-12H,5-7H2,1-2H3,(H,23,24)/t10-,11-,12-/m0/s1. The summed E-state index contributed by atoms with van der Waals surface area (Å²) >= 11 is 0. The number of fused-ring (bicyclic) bond motifs is 1. The van der Waals surface area contributed by atoms with Crippen molar-refractivity contribution in [3.05, 3.63) is 23.8 Å². The summed E-state index contributed by atoms with van der Waals surface area (Å²) in [7, 11) is 1.80. The maximum absolute atomic E-state index is 12.8. The molecule has 2 aromatic heterocycles. The number of aromatic nitrogens is 5. The molecule has 132 valence electrons. The fourth-order valence-electron chi connectivity index (χ4n) is 3.57. The SMILES string of the molecule is Cc1c(C(=O)N2C[C@@H]3[C@H](C2)OC[C@@H]3C(=O)O)nnn1-c1cnn(C)c1. The number of hydrogen-bond donors (Lipinski definition) is 1. The van der Waals surface area contributed by atoms with Crippen LogP contribution in [0.2, 0.25) is 0 Å². The summed E-state index contributed by atoms with van der Waals surface area (Å²) in [5, 5.41) is 21.4. The fraction of sp³-hybridized carbons (Fsp3) is 0.533. The van der Waals surface area contributed by atoms with Crippen molar-refractivity contribution in [3.63, 3.8) is 0 Å². The summed E-state index contributed by atoms with van der Waals surface area (Å²) in [4.78, 5) is 25.7. The number of carbonyl (C=O) groups is 2. The average Bonchev–Trinajstić information content (AvgIpc) is 3.29. The van der Waals surface area contributed by atoms with Gasteiger partial charge >= 0.3 is 5.97 Å². The number of carbonyl (C=O) groups excluding carboxylic acids is 1. The van der Waals surface area contributed by atoms with E-state index in [1.165, 1.54) is 0 Å². The molecule has 0 saturated carbocycles. The molecule has 2 aromatic rings. The summed E-state index contributed by atoms with van der Waals surface area (Å²) < 4.78 is 8.75.